The molecule has 0 spiro atoms. The van der Waals surface area contributed by atoms with Crippen molar-refractivity contribution in [2.45, 2.75) is 33.1 Å². The van der Waals surface area contributed by atoms with Gasteiger partial charge in [-0.25, -0.2) is 0 Å². The number of ether oxygens (including phenoxy) is 1. The molecule has 1 aliphatic rings. The maximum Gasteiger partial charge on any atom is 0.0628 e. The normalized spacial score (nSPS) is 19.2. The zero-order chi connectivity index (χ0) is 9.03. The zero-order valence-corrected chi connectivity index (χ0v) is 7.97. The molecule has 1 aliphatic carbocycles. The summed E-state index contributed by atoms with van der Waals surface area (Å²) in [6.07, 6.45) is 3.03. The third-order valence-electron chi connectivity index (χ3n) is 2.27. The second-order valence-electron chi connectivity index (χ2n) is 4.24. The summed E-state index contributed by atoms with van der Waals surface area (Å²) in [7, 11) is 0. The van der Waals surface area contributed by atoms with E-state index in [0.717, 1.165) is 13.2 Å². The van der Waals surface area contributed by atoms with Gasteiger partial charge in [0, 0.05) is 18.4 Å². The van der Waals surface area contributed by atoms with Gasteiger partial charge in [0.15, 0.2) is 0 Å². The number of hydrogen-bond acceptors (Lipinski definition) is 2. The van der Waals surface area contributed by atoms with E-state index in [1.807, 2.05) is 0 Å². The van der Waals surface area contributed by atoms with E-state index in [2.05, 4.69) is 19.9 Å². The van der Waals surface area contributed by atoms with Crippen LogP contribution in [0.4, 0.5) is 0 Å². The number of nitrogens with zero attached hydrogens (tertiary/aromatic N) is 1. The Morgan fingerprint density at radius 1 is 1.50 bits per heavy atom. The second-order valence-corrected chi connectivity index (χ2v) is 4.24. The Morgan fingerprint density at radius 3 is 2.58 bits per heavy atom. The monoisotopic (exact) mass is 167 g/mol. The minimum atomic E-state index is 0.254. The first-order valence-corrected chi connectivity index (χ1v) is 4.63. The van der Waals surface area contributed by atoms with Gasteiger partial charge in [0.2, 0.25) is 0 Å². The molecule has 0 radical (unpaired) electrons. The predicted octanol–water partition coefficient (Wildman–Crippen LogP) is 2.35. The van der Waals surface area contributed by atoms with Gasteiger partial charge < -0.3 is 4.74 Å². The molecule has 0 aromatic carbocycles. The van der Waals surface area contributed by atoms with Crippen molar-refractivity contribution < 1.29 is 4.74 Å². The highest BCUT2D eigenvalue weighted by Gasteiger charge is 2.42. The highest BCUT2D eigenvalue weighted by atomic mass is 16.5. The van der Waals surface area contributed by atoms with Crippen LogP contribution in [0.3, 0.4) is 0 Å². The number of rotatable bonds is 5. The lowest BCUT2D eigenvalue weighted by molar-refractivity contribution is 0.0726. The molecule has 0 bridgehead atoms. The van der Waals surface area contributed by atoms with Crippen LogP contribution in [0.5, 0.6) is 0 Å². The molecule has 0 aromatic heterocycles. The minimum Gasteiger partial charge on any atom is -0.381 e. The third kappa shape index (κ3) is 2.83. The molecule has 0 atom stereocenters. The number of hydrogen-bond donors (Lipinski definition) is 0. The molecular formula is C10H17NO. The standard InChI is InChI=1S/C10H17NO/c1-9(2)7-12-8-10(3-4-10)5-6-11/h9H,3-5,7-8H2,1-2H3. The zero-order valence-electron chi connectivity index (χ0n) is 7.97. The topological polar surface area (TPSA) is 33.0 Å². The van der Waals surface area contributed by atoms with E-state index in [-0.39, 0.29) is 5.41 Å². The van der Waals surface area contributed by atoms with Crippen LogP contribution in [-0.4, -0.2) is 13.2 Å². The third-order valence-corrected chi connectivity index (χ3v) is 2.27. The summed E-state index contributed by atoms with van der Waals surface area (Å²) in [6, 6.07) is 2.23. The lowest BCUT2D eigenvalue weighted by atomic mass is 10.1. The summed E-state index contributed by atoms with van der Waals surface area (Å²) in [6.45, 7) is 5.90. The van der Waals surface area contributed by atoms with Crippen LogP contribution in [0.2, 0.25) is 0 Å². The van der Waals surface area contributed by atoms with Gasteiger partial charge in [-0.2, -0.15) is 5.26 Å². The Morgan fingerprint density at radius 2 is 2.17 bits per heavy atom. The molecule has 2 nitrogen and oxygen atoms in total. The summed E-state index contributed by atoms with van der Waals surface area (Å²) in [5.41, 5.74) is 0.254. The Kier molecular flexibility index (Phi) is 3.11. The first-order chi connectivity index (χ1) is 5.68. The SMILES string of the molecule is CC(C)COCC1(CC#N)CC1. The van der Waals surface area contributed by atoms with E-state index in [0.29, 0.717) is 12.3 Å². The van der Waals surface area contributed by atoms with Gasteiger partial charge in [0.25, 0.3) is 0 Å². The molecule has 0 aromatic rings. The molecular weight excluding hydrogens is 150 g/mol. The van der Waals surface area contributed by atoms with Crippen molar-refractivity contribution in [2.75, 3.05) is 13.2 Å². The molecule has 1 saturated carbocycles. The maximum atomic E-state index is 8.54. The average molecular weight is 167 g/mol. The van der Waals surface area contributed by atoms with Crippen molar-refractivity contribution in [3.05, 3.63) is 0 Å². The maximum absolute atomic E-state index is 8.54. The van der Waals surface area contributed by atoms with Crippen molar-refractivity contribution in [1.82, 2.24) is 0 Å². The van der Waals surface area contributed by atoms with Crippen LogP contribution >= 0.6 is 0 Å². The van der Waals surface area contributed by atoms with Gasteiger partial charge in [-0.05, 0) is 18.8 Å². The van der Waals surface area contributed by atoms with Gasteiger partial charge in [-0.1, -0.05) is 13.8 Å². The summed E-state index contributed by atoms with van der Waals surface area (Å²) in [5, 5.41) is 8.54. The Hall–Kier alpha value is -0.550. The van der Waals surface area contributed by atoms with Crippen molar-refractivity contribution in [1.29, 1.82) is 5.26 Å². The Balaban J connectivity index is 2.11. The summed E-state index contributed by atoms with van der Waals surface area (Å²) < 4.78 is 5.52. The first kappa shape index (κ1) is 9.54. The molecule has 0 heterocycles. The fourth-order valence-electron chi connectivity index (χ4n) is 1.23. The smallest absolute Gasteiger partial charge is 0.0628 e. The fourth-order valence-corrected chi connectivity index (χ4v) is 1.23. The highest BCUT2D eigenvalue weighted by Crippen LogP contribution is 2.48. The molecule has 2 heteroatoms. The van der Waals surface area contributed by atoms with Crippen molar-refractivity contribution in [3.8, 4) is 6.07 Å². The first-order valence-electron chi connectivity index (χ1n) is 4.63. The summed E-state index contributed by atoms with van der Waals surface area (Å²) in [5.74, 6) is 0.600. The molecule has 0 amide bonds. The van der Waals surface area contributed by atoms with E-state index >= 15 is 0 Å². The predicted molar refractivity (Wildman–Crippen MR) is 47.6 cm³/mol. The quantitative estimate of drug-likeness (QED) is 0.629. The Labute approximate surface area is 74.5 Å². The molecule has 0 saturated heterocycles. The van der Waals surface area contributed by atoms with Crippen LogP contribution < -0.4 is 0 Å². The van der Waals surface area contributed by atoms with Crippen LogP contribution in [0.25, 0.3) is 0 Å². The molecule has 1 fully saturated rings. The molecule has 1 rings (SSSR count). The molecule has 0 unspecified atom stereocenters. The fraction of sp³-hybridized carbons (Fsp3) is 0.900. The van der Waals surface area contributed by atoms with Gasteiger partial charge >= 0.3 is 0 Å². The van der Waals surface area contributed by atoms with Crippen molar-refractivity contribution in [3.63, 3.8) is 0 Å². The minimum absolute atomic E-state index is 0.254. The van der Waals surface area contributed by atoms with Gasteiger partial charge in [-0.15, -0.1) is 0 Å². The van der Waals surface area contributed by atoms with E-state index in [4.69, 9.17) is 10.00 Å². The summed E-state index contributed by atoms with van der Waals surface area (Å²) >= 11 is 0. The van der Waals surface area contributed by atoms with E-state index < -0.39 is 0 Å². The molecule has 12 heavy (non-hydrogen) atoms. The van der Waals surface area contributed by atoms with Crippen LogP contribution in [0, 0.1) is 22.7 Å². The average Bonchev–Trinajstić information content (AvgIpc) is 2.69. The van der Waals surface area contributed by atoms with Crippen LogP contribution in [-0.2, 0) is 4.74 Å². The molecule has 68 valence electrons. The van der Waals surface area contributed by atoms with E-state index in [9.17, 15) is 0 Å². The van der Waals surface area contributed by atoms with Crippen molar-refractivity contribution in [2.24, 2.45) is 11.3 Å². The van der Waals surface area contributed by atoms with Gasteiger partial charge in [0.1, 0.15) is 0 Å². The van der Waals surface area contributed by atoms with Crippen molar-refractivity contribution >= 4 is 0 Å². The van der Waals surface area contributed by atoms with Gasteiger partial charge in [0.05, 0.1) is 12.7 Å². The Bertz CT molecular complexity index is 177. The lowest BCUT2D eigenvalue weighted by Crippen LogP contribution is -2.12. The largest absolute Gasteiger partial charge is 0.381 e. The van der Waals surface area contributed by atoms with Crippen LogP contribution in [0.15, 0.2) is 0 Å². The van der Waals surface area contributed by atoms with Crippen LogP contribution in [0.1, 0.15) is 33.1 Å². The molecule has 0 aliphatic heterocycles. The molecule has 0 N–H and O–H groups in total. The number of nitriles is 1. The summed E-state index contributed by atoms with van der Waals surface area (Å²) in [4.78, 5) is 0. The van der Waals surface area contributed by atoms with E-state index in [1.54, 1.807) is 0 Å². The second kappa shape index (κ2) is 3.91. The lowest BCUT2D eigenvalue weighted by Gasteiger charge is -2.12. The van der Waals surface area contributed by atoms with Gasteiger partial charge in [-0.3, -0.25) is 0 Å². The van der Waals surface area contributed by atoms with E-state index in [1.165, 1.54) is 12.8 Å². The highest BCUT2D eigenvalue weighted by molar-refractivity contribution is 4.99.